The molecule has 1 aromatic heterocycles. The summed E-state index contributed by atoms with van der Waals surface area (Å²) >= 11 is 6.00. The smallest absolute Gasteiger partial charge is 0.254 e. The first-order chi connectivity index (χ1) is 14.0. The number of halogens is 1. The van der Waals surface area contributed by atoms with Gasteiger partial charge in [-0.05, 0) is 36.4 Å². The van der Waals surface area contributed by atoms with E-state index in [0.717, 1.165) is 0 Å². The Morgan fingerprint density at radius 3 is 2.69 bits per heavy atom. The molecule has 8 heteroatoms. The molecule has 1 heterocycles. The highest BCUT2D eigenvalue weighted by Crippen LogP contribution is 2.31. The molecule has 0 radical (unpaired) electrons. The van der Waals surface area contributed by atoms with Gasteiger partial charge in [0.15, 0.2) is 11.5 Å². The van der Waals surface area contributed by atoms with Gasteiger partial charge in [-0.15, -0.1) is 6.58 Å². The number of hydrogen-bond acceptors (Lipinski definition) is 6. The van der Waals surface area contributed by atoms with Crippen LogP contribution in [0.3, 0.4) is 0 Å². The molecule has 2 aromatic carbocycles. The van der Waals surface area contributed by atoms with Crippen LogP contribution < -0.4 is 9.47 Å². The molecular weight excluding hydrogens is 394 g/mol. The van der Waals surface area contributed by atoms with E-state index >= 15 is 0 Å². The van der Waals surface area contributed by atoms with Crippen molar-refractivity contribution in [2.45, 2.75) is 6.54 Å². The average molecular weight is 414 g/mol. The lowest BCUT2D eigenvalue weighted by atomic mass is 10.2. The summed E-state index contributed by atoms with van der Waals surface area (Å²) in [4.78, 5) is 18.8. The van der Waals surface area contributed by atoms with Crippen molar-refractivity contribution < 1.29 is 18.8 Å². The van der Waals surface area contributed by atoms with Crippen LogP contribution in [0, 0.1) is 0 Å². The van der Waals surface area contributed by atoms with Crippen molar-refractivity contribution in [3.63, 3.8) is 0 Å². The van der Waals surface area contributed by atoms with Crippen molar-refractivity contribution in [2.75, 3.05) is 20.8 Å². The zero-order valence-electron chi connectivity index (χ0n) is 16.1. The normalized spacial score (nSPS) is 10.4. The first-order valence-electron chi connectivity index (χ1n) is 8.76. The number of amides is 1. The molecule has 0 atom stereocenters. The predicted molar refractivity (Wildman–Crippen MR) is 109 cm³/mol. The van der Waals surface area contributed by atoms with Crippen LogP contribution in [-0.4, -0.2) is 41.7 Å². The van der Waals surface area contributed by atoms with E-state index < -0.39 is 0 Å². The minimum Gasteiger partial charge on any atom is -0.493 e. The third-order valence-corrected chi connectivity index (χ3v) is 4.38. The van der Waals surface area contributed by atoms with Crippen LogP contribution in [0.1, 0.15) is 16.2 Å². The maximum absolute atomic E-state index is 12.8. The second-order valence-electron chi connectivity index (χ2n) is 6.07. The van der Waals surface area contributed by atoms with Crippen LogP contribution in [0.5, 0.6) is 11.5 Å². The summed E-state index contributed by atoms with van der Waals surface area (Å²) in [5, 5.41) is 4.50. The molecule has 29 heavy (non-hydrogen) atoms. The molecular formula is C21H20ClN3O4. The molecule has 0 spiro atoms. The summed E-state index contributed by atoms with van der Waals surface area (Å²) in [7, 11) is 3.12. The standard InChI is InChI=1S/C21H20ClN3O4/c1-4-10-25(21(26)15-6-5-7-16(22)11-15)13-19-23-20(24-29-19)14-8-9-17(27-2)18(12-14)28-3/h4-9,11-12H,1,10,13H2,2-3H3. The molecule has 0 N–H and O–H groups in total. The number of benzene rings is 2. The topological polar surface area (TPSA) is 77.7 Å². The molecule has 0 fully saturated rings. The molecule has 3 rings (SSSR count). The second-order valence-corrected chi connectivity index (χ2v) is 6.50. The van der Waals surface area contributed by atoms with E-state index in [0.29, 0.717) is 45.9 Å². The number of rotatable bonds is 8. The maximum Gasteiger partial charge on any atom is 0.254 e. The molecule has 0 saturated heterocycles. The van der Waals surface area contributed by atoms with Gasteiger partial charge in [-0.1, -0.05) is 28.9 Å². The number of methoxy groups -OCH3 is 2. The Morgan fingerprint density at radius 2 is 2.00 bits per heavy atom. The van der Waals surface area contributed by atoms with Gasteiger partial charge in [-0.25, -0.2) is 0 Å². The van der Waals surface area contributed by atoms with E-state index in [1.54, 1.807) is 67.7 Å². The molecule has 3 aromatic rings. The molecule has 0 saturated carbocycles. The lowest BCUT2D eigenvalue weighted by Gasteiger charge is -2.19. The van der Waals surface area contributed by atoms with Crippen molar-refractivity contribution in [3.05, 3.63) is 71.6 Å². The van der Waals surface area contributed by atoms with E-state index in [-0.39, 0.29) is 12.5 Å². The highest BCUT2D eigenvalue weighted by molar-refractivity contribution is 6.30. The monoisotopic (exact) mass is 413 g/mol. The third-order valence-electron chi connectivity index (χ3n) is 4.14. The van der Waals surface area contributed by atoms with Crippen molar-refractivity contribution in [3.8, 4) is 22.9 Å². The summed E-state index contributed by atoms with van der Waals surface area (Å²) in [5.74, 6) is 1.63. The number of hydrogen-bond donors (Lipinski definition) is 0. The minimum atomic E-state index is -0.210. The van der Waals surface area contributed by atoms with Gasteiger partial charge in [-0.2, -0.15) is 4.98 Å². The Bertz CT molecular complexity index is 1020. The SMILES string of the molecule is C=CCN(Cc1nc(-c2ccc(OC)c(OC)c2)no1)C(=O)c1cccc(Cl)c1. The second kappa shape index (κ2) is 9.25. The number of ether oxygens (including phenoxy) is 2. The van der Waals surface area contributed by atoms with Crippen LogP contribution in [0.25, 0.3) is 11.4 Å². The van der Waals surface area contributed by atoms with Gasteiger partial charge in [0.05, 0.1) is 14.2 Å². The summed E-state index contributed by atoms with van der Waals surface area (Å²) in [6.07, 6.45) is 1.63. The number of carbonyl (C=O) groups is 1. The van der Waals surface area contributed by atoms with Gasteiger partial charge in [-0.3, -0.25) is 4.79 Å². The summed E-state index contributed by atoms with van der Waals surface area (Å²) in [6.45, 7) is 4.17. The minimum absolute atomic E-state index is 0.137. The van der Waals surface area contributed by atoms with Crippen LogP contribution in [0.4, 0.5) is 0 Å². The highest BCUT2D eigenvalue weighted by atomic mass is 35.5. The molecule has 0 bridgehead atoms. The molecule has 0 aliphatic rings. The van der Waals surface area contributed by atoms with Crippen LogP contribution in [0.2, 0.25) is 5.02 Å². The summed E-state index contributed by atoms with van der Waals surface area (Å²) < 4.78 is 15.9. The maximum atomic E-state index is 12.8. The van der Waals surface area contributed by atoms with Crippen LogP contribution in [-0.2, 0) is 6.54 Å². The summed E-state index contributed by atoms with van der Waals surface area (Å²) in [5.41, 5.74) is 1.17. The first kappa shape index (κ1) is 20.4. The third kappa shape index (κ3) is 4.75. The van der Waals surface area contributed by atoms with Crippen molar-refractivity contribution in [1.29, 1.82) is 0 Å². The lowest BCUT2D eigenvalue weighted by Crippen LogP contribution is -2.30. The molecule has 1 amide bonds. The Hall–Kier alpha value is -3.32. The molecule has 7 nitrogen and oxygen atoms in total. The fraction of sp³-hybridized carbons (Fsp3) is 0.190. The van der Waals surface area contributed by atoms with Crippen LogP contribution in [0.15, 0.2) is 59.6 Å². The molecule has 0 aliphatic carbocycles. The van der Waals surface area contributed by atoms with E-state index in [1.807, 2.05) is 0 Å². The first-order valence-corrected chi connectivity index (χ1v) is 9.14. The zero-order chi connectivity index (χ0) is 20.8. The predicted octanol–water partition coefficient (Wildman–Crippen LogP) is 4.24. The highest BCUT2D eigenvalue weighted by Gasteiger charge is 2.19. The number of carbonyl (C=O) groups excluding carboxylic acids is 1. The van der Waals surface area contributed by atoms with Crippen molar-refractivity contribution in [2.24, 2.45) is 0 Å². The summed E-state index contributed by atoms with van der Waals surface area (Å²) in [6, 6.07) is 12.1. The Labute approximate surface area is 173 Å². The zero-order valence-corrected chi connectivity index (χ0v) is 16.8. The van der Waals surface area contributed by atoms with E-state index in [9.17, 15) is 4.79 Å². The van der Waals surface area contributed by atoms with Gasteiger partial charge in [0, 0.05) is 22.7 Å². The largest absolute Gasteiger partial charge is 0.493 e. The van der Waals surface area contributed by atoms with E-state index in [4.69, 9.17) is 25.6 Å². The Balaban J connectivity index is 1.81. The lowest BCUT2D eigenvalue weighted by molar-refractivity contribution is 0.0745. The van der Waals surface area contributed by atoms with Crippen molar-refractivity contribution >= 4 is 17.5 Å². The van der Waals surface area contributed by atoms with Crippen LogP contribution >= 0.6 is 11.6 Å². The van der Waals surface area contributed by atoms with Gasteiger partial charge < -0.3 is 18.9 Å². The van der Waals surface area contributed by atoms with Gasteiger partial charge >= 0.3 is 0 Å². The van der Waals surface area contributed by atoms with Gasteiger partial charge in [0.25, 0.3) is 5.91 Å². The molecule has 0 unspecified atom stereocenters. The Kier molecular flexibility index (Phi) is 6.51. The fourth-order valence-electron chi connectivity index (χ4n) is 2.75. The number of nitrogens with zero attached hydrogens (tertiary/aromatic N) is 3. The fourth-order valence-corrected chi connectivity index (χ4v) is 2.94. The Morgan fingerprint density at radius 1 is 1.21 bits per heavy atom. The quantitative estimate of drug-likeness (QED) is 0.514. The number of aromatic nitrogens is 2. The van der Waals surface area contributed by atoms with E-state index in [2.05, 4.69) is 16.7 Å². The van der Waals surface area contributed by atoms with Gasteiger partial charge in [0.2, 0.25) is 11.7 Å². The molecule has 0 aliphatic heterocycles. The van der Waals surface area contributed by atoms with Gasteiger partial charge in [0.1, 0.15) is 6.54 Å². The van der Waals surface area contributed by atoms with Crippen molar-refractivity contribution in [1.82, 2.24) is 15.0 Å². The molecule has 150 valence electrons. The van der Waals surface area contributed by atoms with E-state index in [1.165, 1.54) is 0 Å². The average Bonchev–Trinajstić information content (AvgIpc) is 3.21.